The Bertz CT molecular complexity index is 1390. The van der Waals surface area contributed by atoms with Crippen molar-refractivity contribution in [3.05, 3.63) is 77.7 Å². The normalized spacial score (nSPS) is 11.9. The quantitative estimate of drug-likeness (QED) is 0.457. The highest BCUT2D eigenvalue weighted by atomic mass is 19.1. The first kappa shape index (κ1) is 19.6. The first-order valence-electron chi connectivity index (χ1n) is 9.70. The zero-order chi connectivity index (χ0) is 22.1. The number of methoxy groups -OCH3 is 1. The van der Waals surface area contributed by atoms with Crippen LogP contribution in [0.5, 0.6) is 17.4 Å². The van der Waals surface area contributed by atoms with Crippen LogP contribution in [0.15, 0.2) is 70.9 Å². The number of amides is 1. The van der Waals surface area contributed by atoms with Crippen molar-refractivity contribution in [2.75, 3.05) is 12.4 Å². The van der Waals surface area contributed by atoms with Crippen LogP contribution in [0.25, 0.3) is 11.0 Å². The second kappa shape index (κ2) is 8.03. The number of rotatable bonds is 5. The van der Waals surface area contributed by atoms with E-state index in [1.807, 2.05) is 6.07 Å². The van der Waals surface area contributed by atoms with Gasteiger partial charge >= 0.3 is 0 Å². The number of nitrogens with zero attached hydrogens (tertiary/aromatic N) is 4. The minimum atomic E-state index is -0.519. The van der Waals surface area contributed by atoms with E-state index in [1.54, 1.807) is 36.4 Å². The molecule has 1 N–H and O–H groups in total. The number of carbonyl (C=O) groups excluding carboxylic acids is 1. The molecule has 0 bridgehead atoms. The van der Waals surface area contributed by atoms with Gasteiger partial charge in [0, 0.05) is 17.3 Å². The molecule has 0 atom stereocenters. The first-order chi connectivity index (χ1) is 15.6. The third-order valence-corrected chi connectivity index (χ3v) is 4.85. The second-order valence-corrected chi connectivity index (χ2v) is 6.96. The number of fused-ring (bicyclic) bond motifs is 2. The molecule has 1 amide bonds. The number of ether oxygens (including phenoxy) is 2. The molecule has 5 rings (SSSR count). The third-order valence-electron chi connectivity index (χ3n) is 4.85. The van der Waals surface area contributed by atoms with Crippen molar-refractivity contribution in [3.63, 3.8) is 0 Å². The lowest BCUT2D eigenvalue weighted by Crippen LogP contribution is -2.16. The maximum atomic E-state index is 13.6. The Kier molecular flexibility index (Phi) is 4.91. The monoisotopic (exact) mass is 429 g/mol. The molecule has 0 aliphatic carbocycles. The van der Waals surface area contributed by atoms with Gasteiger partial charge in [-0.15, -0.1) is 0 Å². The van der Waals surface area contributed by atoms with Crippen LogP contribution in [0.4, 0.5) is 15.8 Å². The fourth-order valence-electron chi connectivity index (χ4n) is 3.28. The van der Waals surface area contributed by atoms with E-state index in [1.165, 1.54) is 25.3 Å². The summed E-state index contributed by atoms with van der Waals surface area (Å²) in [5, 5.41) is 10.8. The number of nitrogens with one attached hydrogen (secondary N) is 1. The maximum Gasteiger partial charge on any atom is 0.279 e. The van der Waals surface area contributed by atoms with Gasteiger partial charge < -0.3 is 14.8 Å². The minimum Gasteiger partial charge on any atom is -0.493 e. The summed E-state index contributed by atoms with van der Waals surface area (Å²) in [6, 6.07) is 16.3. The number of para-hydroxylation sites is 2. The molecule has 8 nitrogen and oxygen atoms in total. The maximum absolute atomic E-state index is 13.6. The fourth-order valence-corrected chi connectivity index (χ4v) is 3.28. The van der Waals surface area contributed by atoms with Gasteiger partial charge in [0.1, 0.15) is 5.82 Å². The lowest BCUT2D eigenvalue weighted by Gasteiger charge is -2.13. The number of carbonyl (C=O) groups is 1. The van der Waals surface area contributed by atoms with Gasteiger partial charge in [-0.2, -0.15) is 10.2 Å². The van der Waals surface area contributed by atoms with Crippen LogP contribution in [0, 0.1) is 5.82 Å². The largest absolute Gasteiger partial charge is 0.493 e. The highest BCUT2D eigenvalue weighted by Gasteiger charge is 2.21. The number of hydrogen-bond donors (Lipinski definition) is 1. The van der Waals surface area contributed by atoms with Crippen LogP contribution in [-0.4, -0.2) is 23.0 Å². The van der Waals surface area contributed by atoms with Crippen molar-refractivity contribution in [1.82, 2.24) is 9.97 Å². The topological polar surface area (TPSA) is 98.1 Å². The lowest BCUT2D eigenvalue weighted by molar-refractivity contribution is 0.101. The number of anilines is 1. The molecule has 1 aromatic heterocycles. The van der Waals surface area contributed by atoms with Crippen LogP contribution in [-0.2, 0) is 6.54 Å². The Morgan fingerprint density at radius 2 is 1.81 bits per heavy atom. The summed E-state index contributed by atoms with van der Waals surface area (Å²) in [6.45, 7) is 0.525. The fraction of sp³-hybridized carbons (Fsp3) is 0.0870. The van der Waals surface area contributed by atoms with E-state index < -0.39 is 11.7 Å². The lowest BCUT2D eigenvalue weighted by atomic mass is 10.1. The first-order valence-corrected chi connectivity index (χ1v) is 9.70. The van der Waals surface area contributed by atoms with E-state index in [0.717, 1.165) is 5.56 Å². The zero-order valence-corrected chi connectivity index (χ0v) is 16.9. The number of hydrogen-bond acceptors (Lipinski definition) is 7. The van der Waals surface area contributed by atoms with Crippen LogP contribution in [0.1, 0.15) is 16.1 Å². The summed E-state index contributed by atoms with van der Waals surface area (Å²) >= 11 is 0. The van der Waals surface area contributed by atoms with Crippen molar-refractivity contribution < 1.29 is 18.7 Å². The van der Waals surface area contributed by atoms with Crippen LogP contribution in [0.2, 0.25) is 0 Å². The van der Waals surface area contributed by atoms with Crippen molar-refractivity contribution in [2.24, 2.45) is 10.2 Å². The molecular formula is C23H16FN5O3. The van der Waals surface area contributed by atoms with Crippen molar-refractivity contribution in [2.45, 2.75) is 6.54 Å². The predicted molar refractivity (Wildman–Crippen MR) is 115 cm³/mol. The van der Waals surface area contributed by atoms with E-state index in [4.69, 9.17) is 9.47 Å². The summed E-state index contributed by atoms with van der Waals surface area (Å²) < 4.78 is 24.6. The van der Waals surface area contributed by atoms with Crippen LogP contribution < -0.4 is 14.8 Å². The molecule has 0 saturated carbocycles. The third kappa shape index (κ3) is 3.71. The Balaban J connectivity index is 1.54. The molecule has 0 fully saturated rings. The highest BCUT2D eigenvalue weighted by Crippen LogP contribution is 2.34. The molecular weight excluding hydrogens is 413 g/mol. The van der Waals surface area contributed by atoms with Gasteiger partial charge in [0.15, 0.2) is 17.2 Å². The molecule has 9 heteroatoms. The summed E-state index contributed by atoms with van der Waals surface area (Å²) in [5.41, 5.74) is 3.27. The van der Waals surface area contributed by atoms with Gasteiger partial charge in [0.05, 0.1) is 30.4 Å². The van der Waals surface area contributed by atoms with Gasteiger partial charge in [-0.1, -0.05) is 18.2 Å². The van der Waals surface area contributed by atoms with E-state index in [0.29, 0.717) is 29.0 Å². The summed E-state index contributed by atoms with van der Waals surface area (Å²) in [4.78, 5) is 22.1. The Morgan fingerprint density at radius 3 is 2.62 bits per heavy atom. The van der Waals surface area contributed by atoms with E-state index in [-0.39, 0.29) is 23.1 Å². The molecule has 0 spiro atoms. The molecule has 158 valence electrons. The number of azo groups is 1. The van der Waals surface area contributed by atoms with E-state index >= 15 is 0 Å². The van der Waals surface area contributed by atoms with Gasteiger partial charge in [-0.3, -0.25) is 4.79 Å². The SMILES string of the molecule is COc1cc(F)ccc1Oc1nc2ccccc2nc1C(=O)Nc1ccc2c(c1)N=NC2. The molecule has 32 heavy (non-hydrogen) atoms. The second-order valence-electron chi connectivity index (χ2n) is 6.96. The van der Waals surface area contributed by atoms with Gasteiger partial charge in [0.25, 0.3) is 11.8 Å². The average molecular weight is 429 g/mol. The molecule has 3 aromatic carbocycles. The molecule has 1 aliphatic heterocycles. The summed E-state index contributed by atoms with van der Waals surface area (Å²) in [5.74, 6) is -0.674. The van der Waals surface area contributed by atoms with Crippen molar-refractivity contribution >= 4 is 28.3 Å². The van der Waals surface area contributed by atoms with Crippen LogP contribution >= 0.6 is 0 Å². The minimum absolute atomic E-state index is 0.0304. The Labute approximate surface area is 181 Å². The number of halogens is 1. The predicted octanol–water partition coefficient (Wildman–Crippen LogP) is 5.42. The van der Waals surface area contributed by atoms with Crippen molar-refractivity contribution in [1.29, 1.82) is 0 Å². The molecule has 0 unspecified atom stereocenters. The summed E-state index contributed by atoms with van der Waals surface area (Å²) in [6.07, 6.45) is 0. The Morgan fingerprint density at radius 1 is 1.00 bits per heavy atom. The molecule has 0 saturated heterocycles. The van der Waals surface area contributed by atoms with Gasteiger partial charge in [0.2, 0.25) is 0 Å². The summed E-state index contributed by atoms with van der Waals surface area (Å²) in [7, 11) is 1.40. The van der Waals surface area contributed by atoms with E-state index in [9.17, 15) is 9.18 Å². The molecule has 4 aromatic rings. The van der Waals surface area contributed by atoms with Crippen LogP contribution in [0.3, 0.4) is 0 Å². The molecule has 1 aliphatic rings. The standard InChI is InChI=1S/C23H16FN5O3/c1-31-20-10-14(24)7-9-19(20)32-23-21(27-16-4-2-3-5-17(16)28-23)22(30)26-15-8-6-13-12-25-29-18(13)11-15/h2-11H,12H2,1H3,(H,26,30). The van der Waals surface area contributed by atoms with Gasteiger partial charge in [-0.25, -0.2) is 14.4 Å². The highest BCUT2D eigenvalue weighted by molar-refractivity contribution is 6.05. The molecule has 2 heterocycles. The number of aromatic nitrogens is 2. The number of benzene rings is 3. The smallest absolute Gasteiger partial charge is 0.279 e. The van der Waals surface area contributed by atoms with Gasteiger partial charge in [-0.05, 0) is 36.4 Å². The zero-order valence-electron chi connectivity index (χ0n) is 16.9. The Hall–Kier alpha value is -4.40. The van der Waals surface area contributed by atoms with Crippen molar-refractivity contribution in [3.8, 4) is 17.4 Å². The van der Waals surface area contributed by atoms with E-state index in [2.05, 4.69) is 25.5 Å². The average Bonchev–Trinajstić information content (AvgIpc) is 3.27. The molecule has 0 radical (unpaired) electrons.